The van der Waals surface area contributed by atoms with Gasteiger partial charge >= 0.3 is 6.09 Å². The Morgan fingerprint density at radius 3 is 2.28 bits per heavy atom. The van der Waals surface area contributed by atoms with Gasteiger partial charge in [-0.1, -0.05) is 29.8 Å². The van der Waals surface area contributed by atoms with Crippen molar-refractivity contribution in [3.8, 4) is 0 Å². The minimum Gasteiger partial charge on any atom is -0.444 e. The molecule has 2 rings (SSSR count). The van der Waals surface area contributed by atoms with Gasteiger partial charge in [0.1, 0.15) is 11.6 Å². The molecule has 2 amide bonds. The number of benzene rings is 1. The highest BCUT2D eigenvalue weighted by atomic mass is 16.6. The average Bonchev–Trinajstić information content (AvgIpc) is 2.54. The fourth-order valence-corrected chi connectivity index (χ4v) is 2.94. The first-order valence-electron chi connectivity index (χ1n) is 9.08. The maximum atomic E-state index is 12.9. The van der Waals surface area contributed by atoms with Gasteiger partial charge in [-0.15, -0.1) is 0 Å². The zero-order valence-corrected chi connectivity index (χ0v) is 15.8. The lowest BCUT2D eigenvalue weighted by Crippen LogP contribution is -2.51. The van der Waals surface area contributed by atoms with Crippen LogP contribution in [0.2, 0.25) is 0 Å². The number of amides is 2. The summed E-state index contributed by atoms with van der Waals surface area (Å²) in [6.07, 6.45) is 3.13. The first-order chi connectivity index (χ1) is 11.7. The highest BCUT2D eigenvalue weighted by molar-refractivity contribution is 5.86. The molecule has 0 bridgehead atoms. The standard InChI is InChI=1S/C20H30N2O3/c1-15-8-10-16(11-9-15)14-17(21-19(24)25-20(2,3)4)18(23)22-12-6-5-7-13-22/h8-11,17H,5-7,12-14H2,1-4H3,(H,21,24)/t17-/m0/s1. The number of rotatable bonds is 4. The predicted octanol–water partition coefficient (Wildman–Crippen LogP) is 3.44. The number of alkyl carbamates (subject to hydrolysis) is 1. The predicted molar refractivity (Wildman–Crippen MR) is 98.5 cm³/mol. The summed E-state index contributed by atoms with van der Waals surface area (Å²) in [6.45, 7) is 8.99. The van der Waals surface area contributed by atoms with Crippen LogP contribution in [0.5, 0.6) is 0 Å². The summed E-state index contributed by atoms with van der Waals surface area (Å²) in [7, 11) is 0. The molecule has 0 spiro atoms. The van der Waals surface area contributed by atoms with Crippen molar-refractivity contribution in [1.29, 1.82) is 0 Å². The summed E-state index contributed by atoms with van der Waals surface area (Å²) < 4.78 is 5.34. The Hall–Kier alpha value is -2.04. The van der Waals surface area contributed by atoms with Gasteiger partial charge in [-0.2, -0.15) is 0 Å². The zero-order valence-electron chi connectivity index (χ0n) is 15.8. The van der Waals surface area contributed by atoms with Gasteiger partial charge in [0.2, 0.25) is 5.91 Å². The largest absolute Gasteiger partial charge is 0.444 e. The molecule has 1 atom stereocenters. The lowest BCUT2D eigenvalue weighted by molar-refractivity contribution is -0.134. The van der Waals surface area contributed by atoms with Gasteiger partial charge in [-0.05, 0) is 52.5 Å². The van der Waals surface area contributed by atoms with E-state index in [1.165, 1.54) is 5.56 Å². The second kappa shape index (κ2) is 8.37. The van der Waals surface area contributed by atoms with E-state index in [0.29, 0.717) is 6.42 Å². The van der Waals surface area contributed by atoms with E-state index in [-0.39, 0.29) is 5.91 Å². The van der Waals surface area contributed by atoms with Crippen molar-refractivity contribution in [2.24, 2.45) is 0 Å². The van der Waals surface area contributed by atoms with Gasteiger partial charge in [0.05, 0.1) is 0 Å². The summed E-state index contributed by atoms with van der Waals surface area (Å²) in [5, 5.41) is 2.78. The number of hydrogen-bond acceptors (Lipinski definition) is 3. The molecule has 0 radical (unpaired) electrons. The average molecular weight is 346 g/mol. The number of carbonyl (C=O) groups excluding carboxylic acids is 2. The quantitative estimate of drug-likeness (QED) is 0.908. The van der Waals surface area contributed by atoms with Gasteiger partial charge in [0, 0.05) is 19.5 Å². The molecule has 1 aliphatic heterocycles. The lowest BCUT2D eigenvalue weighted by Gasteiger charge is -2.31. The van der Waals surface area contributed by atoms with Gasteiger partial charge < -0.3 is 15.0 Å². The van der Waals surface area contributed by atoms with Crippen LogP contribution in [-0.2, 0) is 16.0 Å². The molecule has 1 N–H and O–H groups in total. The Balaban J connectivity index is 2.10. The summed E-state index contributed by atoms with van der Waals surface area (Å²) in [5.74, 6) is -0.0221. The van der Waals surface area contributed by atoms with Crippen LogP contribution in [0.1, 0.15) is 51.2 Å². The van der Waals surface area contributed by atoms with E-state index >= 15 is 0 Å². The fourth-order valence-electron chi connectivity index (χ4n) is 2.94. The number of carbonyl (C=O) groups is 2. The van der Waals surface area contributed by atoms with Crippen LogP contribution in [-0.4, -0.2) is 41.6 Å². The van der Waals surface area contributed by atoms with Crippen LogP contribution in [0.25, 0.3) is 0 Å². The van der Waals surface area contributed by atoms with Crippen LogP contribution < -0.4 is 5.32 Å². The van der Waals surface area contributed by atoms with Crippen molar-refractivity contribution >= 4 is 12.0 Å². The highest BCUT2D eigenvalue weighted by Crippen LogP contribution is 2.14. The Labute approximate surface area is 150 Å². The first kappa shape index (κ1) is 19.3. The van der Waals surface area contributed by atoms with Crippen molar-refractivity contribution in [1.82, 2.24) is 10.2 Å². The maximum absolute atomic E-state index is 12.9. The molecular weight excluding hydrogens is 316 g/mol. The van der Waals surface area contributed by atoms with E-state index < -0.39 is 17.7 Å². The normalized spacial score (nSPS) is 16.2. The molecule has 1 fully saturated rings. The topological polar surface area (TPSA) is 58.6 Å². The number of hydrogen-bond donors (Lipinski definition) is 1. The number of aryl methyl sites for hydroxylation is 1. The molecule has 5 nitrogen and oxygen atoms in total. The van der Waals surface area contributed by atoms with Crippen LogP contribution in [0.3, 0.4) is 0 Å². The third-order valence-corrected chi connectivity index (χ3v) is 4.22. The van der Waals surface area contributed by atoms with Crippen LogP contribution >= 0.6 is 0 Å². The molecule has 0 saturated carbocycles. The monoisotopic (exact) mass is 346 g/mol. The van der Waals surface area contributed by atoms with Gasteiger partial charge in [-0.3, -0.25) is 4.79 Å². The highest BCUT2D eigenvalue weighted by Gasteiger charge is 2.29. The molecule has 1 aromatic rings. The number of piperidine rings is 1. The van der Waals surface area contributed by atoms with Crippen molar-refractivity contribution in [3.63, 3.8) is 0 Å². The summed E-state index contributed by atoms with van der Waals surface area (Å²) in [5.41, 5.74) is 1.60. The molecule has 25 heavy (non-hydrogen) atoms. The first-order valence-corrected chi connectivity index (χ1v) is 9.08. The Bertz CT molecular complexity index is 584. The third-order valence-electron chi connectivity index (χ3n) is 4.22. The van der Waals surface area contributed by atoms with Crippen molar-refractivity contribution in [2.75, 3.05) is 13.1 Å². The van der Waals surface area contributed by atoms with Crippen LogP contribution in [0, 0.1) is 6.92 Å². The number of ether oxygens (including phenoxy) is 1. The molecule has 1 saturated heterocycles. The van der Waals surface area contributed by atoms with E-state index in [1.807, 2.05) is 56.9 Å². The molecule has 0 aliphatic carbocycles. The van der Waals surface area contributed by atoms with Gasteiger partial charge in [-0.25, -0.2) is 4.79 Å². The van der Waals surface area contributed by atoms with Crippen LogP contribution in [0.4, 0.5) is 4.79 Å². The number of nitrogens with zero attached hydrogens (tertiary/aromatic N) is 1. The van der Waals surface area contributed by atoms with Gasteiger partial charge in [0.15, 0.2) is 0 Å². The molecule has 138 valence electrons. The maximum Gasteiger partial charge on any atom is 0.408 e. The Morgan fingerprint density at radius 1 is 1.12 bits per heavy atom. The van der Waals surface area contributed by atoms with E-state index in [2.05, 4.69) is 5.32 Å². The molecule has 1 aromatic carbocycles. The molecular formula is C20H30N2O3. The van der Waals surface area contributed by atoms with E-state index in [4.69, 9.17) is 4.74 Å². The third kappa shape index (κ3) is 6.40. The van der Waals surface area contributed by atoms with Crippen molar-refractivity contribution in [2.45, 2.75) is 65.0 Å². The molecule has 5 heteroatoms. The summed E-state index contributed by atoms with van der Waals surface area (Å²) in [4.78, 5) is 27.0. The SMILES string of the molecule is Cc1ccc(C[C@H](NC(=O)OC(C)(C)C)C(=O)N2CCCCC2)cc1. The number of nitrogens with one attached hydrogen (secondary N) is 1. The minimum absolute atomic E-state index is 0.0221. The smallest absolute Gasteiger partial charge is 0.408 e. The van der Waals surface area contributed by atoms with Crippen molar-refractivity contribution < 1.29 is 14.3 Å². The zero-order chi connectivity index (χ0) is 18.4. The molecule has 1 heterocycles. The van der Waals surface area contributed by atoms with E-state index in [9.17, 15) is 9.59 Å². The van der Waals surface area contributed by atoms with Gasteiger partial charge in [0.25, 0.3) is 0 Å². The Kier molecular flexibility index (Phi) is 6.45. The number of likely N-dealkylation sites (tertiary alicyclic amines) is 1. The second-order valence-electron chi connectivity index (χ2n) is 7.77. The summed E-state index contributed by atoms with van der Waals surface area (Å²) >= 11 is 0. The molecule has 0 unspecified atom stereocenters. The van der Waals surface area contributed by atoms with Crippen molar-refractivity contribution in [3.05, 3.63) is 35.4 Å². The van der Waals surface area contributed by atoms with E-state index in [1.54, 1.807) is 0 Å². The summed E-state index contributed by atoms with van der Waals surface area (Å²) in [6, 6.07) is 7.44. The second-order valence-corrected chi connectivity index (χ2v) is 7.77. The Morgan fingerprint density at radius 2 is 1.72 bits per heavy atom. The minimum atomic E-state index is -0.601. The fraction of sp³-hybridized carbons (Fsp3) is 0.600. The molecule has 1 aliphatic rings. The van der Waals surface area contributed by atoms with E-state index in [0.717, 1.165) is 37.9 Å². The van der Waals surface area contributed by atoms with Crippen LogP contribution in [0.15, 0.2) is 24.3 Å². The lowest BCUT2D eigenvalue weighted by atomic mass is 10.0. The molecule has 0 aromatic heterocycles.